The first-order chi connectivity index (χ1) is 9.02. The number of aryl methyl sites for hydroxylation is 3. The third-order valence-electron chi connectivity index (χ3n) is 3.41. The summed E-state index contributed by atoms with van der Waals surface area (Å²) in [6.45, 7) is 5.92. The van der Waals surface area contributed by atoms with Gasteiger partial charge in [0.05, 0.1) is 6.04 Å². The molecule has 0 spiro atoms. The second kappa shape index (κ2) is 5.49. The lowest BCUT2D eigenvalue weighted by molar-refractivity contribution is 0.620. The normalized spacial score (nSPS) is 12.5. The zero-order valence-corrected chi connectivity index (χ0v) is 11.8. The highest BCUT2D eigenvalue weighted by atomic mass is 19.1. The molecule has 1 N–H and O–H groups in total. The van der Waals surface area contributed by atoms with E-state index in [2.05, 4.69) is 16.4 Å². The summed E-state index contributed by atoms with van der Waals surface area (Å²) in [7, 11) is 1.91. The van der Waals surface area contributed by atoms with Gasteiger partial charge >= 0.3 is 0 Å². The van der Waals surface area contributed by atoms with Crippen LogP contribution < -0.4 is 5.32 Å². The maximum Gasteiger partial charge on any atom is 0.123 e. The number of pyridine rings is 1. The van der Waals surface area contributed by atoms with Crippen LogP contribution in [-0.2, 0) is 0 Å². The molecule has 0 aliphatic rings. The van der Waals surface area contributed by atoms with Crippen LogP contribution in [-0.4, -0.2) is 12.0 Å². The molecule has 2 rings (SSSR count). The summed E-state index contributed by atoms with van der Waals surface area (Å²) in [5.74, 6) is -0.199. The molecule has 2 aromatic rings. The predicted molar refractivity (Wildman–Crippen MR) is 75.8 cm³/mol. The van der Waals surface area contributed by atoms with E-state index in [1.807, 2.05) is 40.0 Å². The van der Waals surface area contributed by atoms with E-state index in [-0.39, 0.29) is 11.9 Å². The summed E-state index contributed by atoms with van der Waals surface area (Å²) in [5.41, 5.74) is 5.16. The summed E-state index contributed by atoms with van der Waals surface area (Å²) < 4.78 is 13.2. The highest BCUT2D eigenvalue weighted by Gasteiger charge is 2.17. The smallest absolute Gasteiger partial charge is 0.123 e. The van der Waals surface area contributed by atoms with Gasteiger partial charge in [-0.15, -0.1) is 0 Å². The van der Waals surface area contributed by atoms with Crippen molar-refractivity contribution >= 4 is 0 Å². The average molecular weight is 258 g/mol. The van der Waals surface area contributed by atoms with Gasteiger partial charge in [-0.25, -0.2) is 4.39 Å². The minimum Gasteiger partial charge on any atom is -0.309 e. The minimum atomic E-state index is -0.199. The van der Waals surface area contributed by atoms with Gasteiger partial charge < -0.3 is 5.32 Å². The lowest BCUT2D eigenvalue weighted by Crippen LogP contribution is -2.20. The molecule has 1 aromatic heterocycles. The molecule has 100 valence electrons. The Morgan fingerprint density at radius 2 is 1.74 bits per heavy atom. The van der Waals surface area contributed by atoms with E-state index >= 15 is 0 Å². The Morgan fingerprint density at radius 3 is 2.32 bits per heavy atom. The number of hydrogen-bond acceptors (Lipinski definition) is 2. The van der Waals surface area contributed by atoms with E-state index in [0.29, 0.717) is 0 Å². The van der Waals surface area contributed by atoms with Gasteiger partial charge in [0.1, 0.15) is 5.82 Å². The lowest BCUT2D eigenvalue weighted by atomic mass is 9.94. The third-order valence-corrected chi connectivity index (χ3v) is 3.41. The van der Waals surface area contributed by atoms with Gasteiger partial charge in [0, 0.05) is 11.4 Å². The number of rotatable bonds is 3. The van der Waals surface area contributed by atoms with Crippen molar-refractivity contribution in [3.05, 3.63) is 64.2 Å². The molecule has 0 fully saturated rings. The Morgan fingerprint density at radius 1 is 1.05 bits per heavy atom. The number of nitrogens with zero attached hydrogens (tertiary/aromatic N) is 1. The molecule has 0 aliphatic heterocycles. The van der Waals surface area contributed by atoms with Crippen LogP contribution in [0.2, 0.25) is 0 Å². The van der Waals surface area contributed by atoms with Crippen LogP contribution in [0.1, 0.15) is 34.1 Å². The fourth-order valence-electron chi connectivity index (χ4n) is 2.44. The summed E-state index contributed by atoms with van der Waals surface area (Å²) >= 11 is 0. The molecule has 2 nitrogen and oxygen atoms in total. The fourth-order valence-corrected chi connectivity index (χ4v) is 2.44. The van der Waals surface area contributed by atoms with Gasteiger partial charge in [-0.2, -0.15) is 0 Å². The Bertz CT molecular complexity index is 542. The summed E-state index contributed by atoms with van der Waals surface area (Å²) in [4.78, 5) is 4.50. The van der Waals surface area contributed by atoms with Crippen molar-refractivity contribution < 1.29 is 4.39 Å². The van der Waals surface area contributed by atoms with Crippen molar-refractivity contribution in [1.29, 1.82) is 0 Å². The van der Waals surface area contributed by atoms with E-state index in [4.69, 9.17) is 0 Å². The SMILES string of the molecule is CNC(c1ccc(F)cc1C)c1ccc(C)nc1C. The van der Waals surface area contributed by atoms with E-state index in [9.17, 15) is 4.39 Å². The van der Waals surface area contributed by atoms with E-state index < -0.39 is 0 Å². The largest absolute Gasteiger partial charge is 0.309 e. The molecule has 19 heavy (non-hydrogen) atoms. The van der Waals surface area contributed by atoms with Crippen LogP contribution in [0.25, 0.3) is 0 Å². The molecule has 0 bridgehead atoms. The van der Waals surface area contributed by atoms with Gasteiger partial charge in [0.25, 0.3) is 0 Å². The summed E-state index contributed by atoms with van der Waals surface area (Å²) in [5, 5.41) is 3.29. The van der Waals surface area contributed by atoms with Crippen molar-refractivity contribution in [2.75, 3.05) is 7.05 Å². The van der Waals surface area contributed by atoms with Gasteiger partial charge in [0.15, 0.2) is 0 Å². The average Bonchev–Trinajstić information content (AvgIpc) is 2.34. The molecule has 1 atom stereocenters. The Hall–Kier alpha value is -1.74. The molecule has 0 saturated heterocycles. The zero-order valence-electron chi connectivity index (χ0n) is 11.8. The van der Waals surface area contributed by atoms with E-state index in [1.165, 1.54) is 6.07 Å². The number of benzene rings is 1. The van der Waals surface area contributed by atoms with Crippen LogP contribution in [0.3, 0.4) is 0 Å². The molecule has 0 aliphatic carbocycles. The van der Waals surface area contributed by atoms with Crippen LogP contribution in [0.4, 0.5) is 4.39 Å². The van der Waals surface area contributed by atoms with Crippen molar-refractivity contribution in [3.63, 3.8) is 0 Å². The molecule has 0 amide bonds. The van der Waals surface area contributed by atoms with Crippen LogP contribution in [0, 0.1) is 26.6 Å². The molecule has 1 unspecified atom stereocenters. The van der Waals surface area contributed by atoms with Crippen LogP contribution in [0.5, 0.6) is 0 Å². The second-order valence-electron chi connectivity index (χ2n) is 4.85. The number of halogens is 1. The standard InChI is InChI=1S/C16H19FN2/c1-10-9-13(17)6-8-14(10)16(18-4)15-7-5-11(2)19-12(15)3/h5-9,16,18H,1-4H3. The first kappa shape index (κ1) is 13.7. The minimum absolute atomic E-state index is 0.0358. The zero-order chi connectivity index (χ0) is 14.0. The second-order valence-corrected chi connectivity index (χ2v) is 4.85. The molecule has 3 heteroatoms. The summed E-state index contributed by atoms with van der Waals surface area (Å²) in [6.07, 6.45) is 0. The maximum absolute atomic E-state index is 13.2. The van der Waals surface area contributed by atoms with Gasteiger partial charge in [0.2, 0.25) is 0 Å². The predicted octanol–water partition coefficient (Wildman–Crippen LogP) is 3.45. The molecular weight excluding hydrogens is 239 g/mol. The maximum atomic E-state index is 13.2. The fraction of sp³-hybridized carbons (Fsp3) is 0.312. The van der Waals surface area contributed by atoms with Crippen molar-refractivity contribution in [1.82, 2.24) is 10.3 Å². The quantitative estimate of drug-likeness (QED) is 0.912. The first-order valence-corrected chi connectivity index (χ1v) is 6.40. The first-order valence-electron chi connectivity index (χ1n) is 6.40. The summed E-state index contributed by atoms with van der Waals surface area (Å²) in [6, 6.07) is 9.03. The highest BCUT2D eigenvalue weighted by molar-refractivity contribution is 5.39. The molecule has 1 aromatic carbocycles. The van der Waals surface area contributed by atoms with E-state index in [0.717, 1.165) is 28.1 Å². The van der Waals surface area contributed by atoms with E-state index in [1.54, 1.807) is 6.07 Å². The van der Waals surface area contributed by atoms with Crippen molar-refractivity contribution in [3.8, 4) is 0 Å². The van der Waals surface area contributed by atoms with Crippen LogP contribution in [0.15, 0.2) is 30.3 Å². The molecule has 1 heterocycles. The molecule has 0 saturated carbocycles. The van der Waals surface area contributed by atoms with Gasteiger partial charge in [-0.1, -0.05) is 12.1 Å². The Kier molecular flexibility index (Phi) is 3.96. The van der Waals surface area contributed by atoms with Crippen molar-refractivity contribution in [2.24, 2.45) is 0 Å². The van der Waals surface area contributed by atoms with Gasteiger partial charge in [-0.3, -0.25) is 4.98 Å². The Balaban J connectivity index is 2.50. The third kappa shape index (κ3) is 2.82. The van der Waals surface area contributed by atoms with Crippen molar-refractivity contribution in [2.45, 2.75) is 26.8 Å². The molecule has 0 radical (unpaired) electrons. The lowest BCUT2D eigenvalue weighted by Gasteiger charge is -2.21. The topological polar surface area (TPSA) is 24.9 Å². The Labute approximate surface area is 113 Å². The highest BCUT2D eigenvalue weighted by Crippen LogP contribution is 2.26. The number of hydrogen-bond donors (Lipinski definition) is 1. The number of nitrogens with one attached hydrogen (secondary N) is 1. The van der Waals surface area contributed by atoms with Crippen LogP contribution >= 0.6 is 0 Å². The van der Waals surface area contributed by atoms with Gasteiger partial charge in [-0.05, 0) is 62.7 Å². The molecular formula is C16H19FN2. The monoisotopic (exact) mass is 258 g/mol. The number of aromatic nitrogens is 1.